The van der Waals surface area contributed by atoms with Crippen molar-refractivity contribution < 1.29 is 19.1 Å². The molecule has 0 saturated carbocycles. The number of rotatable bonds is 7. The summed E-state index contributed by atoms with van der Waals surface area (Å²) >= 11 is 0. The molecule has 0 fully saturated rings. The van der Waals surface area contributed by atoms with Gasteiger partial charge in [-0.2, -0.15) is 0 Å². The van der Waals surface area contributed by atoms with Gasteiger partial charge in [0.25, 0.3) is 5.91 Å². The number of para-hydroxylation sites is 1. The number of nitrogens with one attached hydrogen (secondary N) is 1. The smallest absolute Gasteiger partial charge is 0.267 e. The highest BCUT2D eigenvalue weighted by Crippen LogP contribution is 2.36. The van der Waals surface area contributed by atoms with E-state index in [2.05, 4.69) is 5.32 Å². The van der Waals surface area contributed by atoms with E-state index in [9.17, 15) is 9.59 Å². The van der Waals surface area contributed by atoms with Gasteiger partial charge in [-0.05, 0) is 44.5 Å². The highest BCUT2D eigenvalue weighted by atomic mass is 16.5. The van der Waals surface area contributed by atoms with Gasteiger partial charge >= 0.3 is 0 Å². The molecule has 1 unspecified atom stereocenters. The van der Waals surface area contributed by atoms with Crippen molar-refractivity contribution >= 4 is 23.2 Å². The third kappa shape index (κ3) is 4.58. The zero-order valence-electron chi connectivity index (χ0n) is 15.6. The Hall–Kier alpha value is -3.02. The number of nitrogens with zero attached hydrogens (tertiary/aromatic N) is 1. The van der Waals surface area contributed by atoms with Gasteiger partial charge in [0.1, 0.15) is 11.5 Å². The molecular formula is C21H24N2O4. The van der Waals surface area contributed by atoms with Crippen LogP contribution in [0.1, 0.15) is 26.7 Å². The van der Waals surface area contributed by atoms with Crippen LogP contribution in [0, 0.1) is 0 Å². The minimum absolute atomic E-state index is 0.0554. The molecule has 2 amide bonds. The lowest BCUT2D eigenvalue weighted by Crippen LogP contribution is -2.44. The SMILES string of the molecule is CCN1C(=O)C(C)Oc2cc(NC(=O)CCCOc3ccccc3)ccc21. The van der Waals surface area contributed by atoms with Gasteiger partial charge in [0.2, 0.25) is 5.91 Å². The average Bonchev–Trinajstić information content (AvgIpc) is 2.67. The molecule has 2 aromatic carbocycles. The fourth-order valence-corrected chi connectivity index (χ4v) is 2.98. The molecule has 2 aromatic rings. The first-order valence-corrected chi connectivity index (χ1v) is 9.18. The number of fused-ring (bicyclic) bond motifs is 1. The van der Waals surface area contributed by atoms with E-state index in [0.717, 1.165) is 11.4 Å². The van der Waals surface area contributed by atoms with Crippen LogP contribution in [-0.2, 0) is 9.59 Å². The van der Waals surface area contributed by atoms with E-state index < -0.39 is 6.10 Å². The van der Waals surface area contributed by atoms with Crippen molar-refractivity contribution in [1.29, 1.82) is 0 Å². The van der Waals surface area contributed by atoms with E-state index in [-0.39, 0.29) is 11.8 Å². The summed E-state index contributed by atoms with van der Waals surface area (Å²) in [5.41, 5.74) is 1.38. The third-order valence-electron chi connectivity index (χ3n) is 4.33. The normalized spacial score (nSPS) is 15.7. The monoisotopic (exact) mass is 368 g/mol. The molecule has 3 rings (SSSR count). The van der Waals surface area contributed by atoms with Crippen molar-refractivity contribution in [3.05, 3.63) is 48.5 Å². The average molecular weight is 368 g/mol. The second kappa shape index (κ2) is 8.58. The Morgan fingerprint density at radius 1 is 1.22 bits per heavy atom. The summed E-state index contributed by atoms with van der Waals surface area (Å²) in [7, 11) is 0. The van der Waals surface area contributed by atoms with Crippen molar-refractivity contribution in [2.75, 3.05) is 23.4 Å². The van der Waals surface area contributed by atoms with E-state index in [1.165, 1.54) is 0 Å². The molecule has 1 aliphatic rings. The van der Waals surface area contributed by atoms with Crippen molar-refractivity contribution in [1.82, 2.24) is 0 Å². The summed E-state index contributed by atoms with van der Waals surface area (Å²) in [6, 6.07) is 14.9. The molecule has 0 spiro atoms. The number of benzene rings is 2. The van der Waals surface area contributed by atoms with E-state index in [0.29, 0.717) is 37.4 Å². The van der Waals surface area contributed by atoms with Crippen LogP contribution in [0.15, 0.2) is 48.5 Å². The maximum Gasteiger partial charge on any atom is 0.267 e. The Balaban J connectivity index is 1.53. The second-order valence-electron chi connectivity index (χ2n) is 6.34. The van der Waals surface area contributed by atoms with Gasteiger partial charge in [0.05, 0.1) is 12.3 Å². The van der Waals surface area contributed by atoms with Gasteiger partial charge < -0.3 is 19.7 Å². The summed E-state index contributed by atoms with van der Waals surface area (Å²) in [5.74, 6) is 1.27. The lowest BCUT2D eigenvalue weighted by atomic mass is 10.1. The molecule has 0 aromatic heterocycles. The molecule has 1 heterocycles. The second-order valence-corrected chi connectivity index (χ2v) is 6.34. The van der Waals surface area contributed by atoms with Crippen LogP contribution < -0.4 is 19.7 Å². The van der Waals surface area contributed by atoms with E-state index in [1.54, 1.807) is 30.0 Å². The number of hydrogen-bond donors (Lipinski definition) is 1. The van der Waals surface area contributed by atoms with Crippen LogP contribution in [0.2, 0.25) is 0 Å². The van der Waals surface area contributed by atoms with Crippen molar-refractivity contribution in [3.63, 3.8) is 0 Å². The maximum absolute atomic E-state index is 12.2. The van der Waals surface area contributed by atoms with Crippen LogP contribution in [0.4, 0.5) is 11.4 Å². The molecule has 6 nitrogen and oxygen atoms in total. The molecular weight excluding hydrogens is 344 g/mol. The minimum Gasteiger partial charge on any atom is -0.494 e. The third-order valence-corrected chi connectivity index (χ3v) is 4.33. The first kappa shape index (κ1) is 18.8. The van der Waals surface area contributed by atoms with Crippen molar-refractivity contribution in [2.45, 2.75) is 32.8 Å². The number of anilines is 2. The Bertz CT molecular complexity index is 807. The zero-order valence-corrected chi connectivity index (χ0v) is 15.6. The largest absolute Gasteiger partial charge is 0.494 e. The Morgan fingerprint density at radius 2 is 2.00 bits per heavy atom. The Kier molecular flexibility index (Phi) is 5.96. The molecule has 6 heteroatoms. The van der Waals surface area contributed by atoms with Gasteiger partial charge in [-0.15, -0.1) is 0 Å². The van der Waals surface area contributed by atoms with Crippen LogP contribution in [0.25, 0.3) is 0 Å². The topological polar surface area (TPSA) is 67.9 Å². The molecule has 0 saturated heterocycles. The Morgan fingerprint density at radius 3 is 2.74 bits per heavy atom. The molecule has 0 aliphatic carbocycles. The molecule has 1 aliphatic heterocycles. The fourth-order valence-electron chi connectivity index (χ4n) is 2.98. The number of ether oxygens (including phenoxy) is 2. The number of amides is 2. The first-order chi connectivity index (χ1) is 13.1. The highest BCUT2D eigenvalue weighted by molar-refractivity contribution is 6.00. The predicted molar refractivity (Wildman–Crippen MR) is 104 cm³/mol. The summed E-state index contributed by atoms with van der Waals surface area (Å²) in [5, 5.41) is 2.87. The van der Waals surface area contributed by atoms with Gasteiger partial charge in [-0.3, -0.25) is 9.59 Å². The molecule has 0 bridgehead atoms. The molecule has 142 valence electrons. The van der Waals surface area contributed by atoms with Crippen LogP contribution in [-0.4, -0.2) is 31.1 Å². The van der Waals surface area contributed by atoms with E-state index >= 15 is 0 Å². The van der Waals surface area contributed by atoms with Gasteiger partial charge in [-0.25, -0.2) is 0 Å². The zero-order chi connectivity index (χ0) is 19.2. The summed E-state index contributed by atoms with van der Waals surface area (Å²) in [6.45, 7) is 4.71. The molecule has 0 radical (unpaired) electrons. The van der Waals surface area contributed by atoms with Gasteiger partial charge in [0.15, 0.2) is 6.10 Å². The summed E-state index contributed by atoms with van der Waals surface area (Å²) in [6.07, 6.45) is 0.455. The number of carbonyl (C=O) groups excluding carboxylic acids is 2. The van der Waals surface area contributed by atoms with E-state index in [1.807, 2.05) is 37.3 Å². The lowest BCUT2D eigenvalue weighted by molar-refractivity contribution is -0.125. The van der Waals surface area contributed by atoms with Gasteiger partial charge in [-0.1, -0.05) is 18.2 Å². The first-order valence-electron chi connectivity index (χ1n) is 9.18. The van der Waals surface area contributed by atoms with E-state index in [4.69, 9.17) is 9.47 Å². The molecule has 1 atom stereocenters. The standard InChI is InChI=1S/C21H24N2O4/c1-3-23-18-12-11-16(14-19(18)27-15(2)21(23)25)22-20(24)10-7-13-26-17-8-5-4-6-9-17/h4-6,8-9,11-12,14-15H,3,7,10,13H2,1-2H3,(H,22,24). The van der Waals surface area contributed by atoms with Crippen molar-refractivity contribution in [3.8, 4) is 11.5 Å². The van der Waals surface area contributed by atoms with Crippen LogP contribution in [0.3, 0.4) is 0 Å². The van der Waals surface area contributed by atoms with Crippen LogP contribution in [0.5, 0.6) is 11.5 Å². The maximum atomic E-state index is 12.2. The van der Waals surface area contributed by atoms with Gasteiger partial charge in [0, 0.05) is 24.7 Å². The number of hydrogen-bond acceptors (Lipinski definition) is 4. The van der Waals surface area contributed by atoms with Crippen LogP contribution >= 0.6 is 0 Å². The number of likely N-dealkylation sites (N-methyl/N-ethyl adjacent to an activating group) is 1. The fraction of sp³-hybridized carbons (Fsp3) is 0.333. The summed E-state index contributed by atoms with van der Waals surface area (Å²) < 4.78 is 11.3. The van der Waals surface area contributed by atoms with Crippen molar-refractivity contribution in [2.24, 2.45) is 0 Å². The lowest BCUT2D eigenvalue weighted by Gasteiger charge is -2.32. The number of carbonyl (C=O) groups is 2. The Labute approximate surface area is 159 Å². The highest BCUT2D eigenvalue weighted by Gasteiger charge is 2.30. The minimum atomic E-state index is -0.529. The molecule has 1 N–H and O–H groups in total. The molecule has 27 heavy (non-hydrogen) atoms. The predicted octanol–water partition coefficient (Wildman–Crippen LogP) is 3.62. The quantitative estimate of drug-likeness (QED) is 0.758. The summed E-state index contributed by atoms with van der Waals surface area (Å²) in [4.78, 5) is 26.0.